The van der Waals surface area contributed by atoms with Gasteiger partial charge in [-0.25, -0.2) is 0 Å². The molecular weight excluding hydrogens is 288 g/mol. The van der Waals surface area contributed by atoms with E-state index in [9.17, 15) is 14.7 Å². The Morgan fingerprint density at radius 1 is 1.53 bits per heavy atom. The largest absolute Gasteiger partial charge is 0.480 e. The third-order valence-corrected chi connectivity index (χ3v) is 2.95. The van der Waals surface area contributed by atoms with Crippen molar-refractivity contribution in [1.29, 1.82) is 0 Å². The summed E-state index contributed by atoms with van der Waals surface area (Å²) in [6, 6.07) is 1.75. The second-order valence-corrected chi connectivity index (χ2v) is 4.82. The fraction of sp³-hybridized carbons (Fsp3) is 0.364. The van der Waals surface area contributed by atoms with Crippen LogP contribution in [0.25, 0.3) is 0 Å². The number of rotatable bonds is 4. The first kappa shape index (κ1) is 13.6. The smallest absolute Gasteiger partial charge is 0.319 e. The molecule has 0 aliphatic carbocycles. The molecule has 0 aromatic carbocycles. The van der Waals surface area contributed by atoms with Gasteiger partial charge in [-0.2, -0.15) is 0 Å². The predicted octanol–water partition coefficient (Wildman–Crippen LogP) is 1.22. The molecular formula is C11H13BrN2O3. The van der Waals surface area contributed by atoms with Crippen LogP contribution in [-0.2, 0) is 16.0 Å². The second-order valence-electron chi connectivity index (χ2n) is 3.90. The summed E-state index contributed by atoms with van der Waals surface area (Å²) >= 11 is 3.25. The van der Waals surface area contributed by atoms with Crippen LogP contribution in [0.5, 0.6) is 0 Å². The van der Waals surface area contributed by atoms with Crippen molar-refractivity contribution < 1.29 is 14.7 Å². The number of nitrogens with zero attached hydrogens (tertiary/aromatic N) is 1. The van der Waals surface area contributed by atoms with E-state index in [1.165, 1.54) is 14.0 Å². The molecule has 1 unspecified atom stereocenters. The van der Waals surface area contributed by atoms with Crippen molar-refractivity contribution >= 4 is 27.8 Å². The Kier molecular flexibility index (Phi) is 4.22. The molecule has 1 heterocycles. The molecule has 5 nitrogen and oxygen atoms in total. The van der Waals surface area contributed by atoms with Gasteiger partial charge in [0.1, 0.15) is 5.41 Å². The standard InChI is InChI=1S/C11H13BrN2O3/c1-11(10(16)17,9(15)13-2)4-7-3-8(12)6-14-5-7/h3,5-6H,4H2,1-2H3,(H,13,15)(H,16,17). The molecule has 17 heavy (non-hydrogen) atoms. The fourth-order valence-electron chi connectivity index (χ4n) is 1.49. The summed E-state index contributed by atoms with van der Waals surface area (Å²) in [4.78, 5) is 26.8. The van der Waals surface area contributed by atoms with Crippen LogP contribution in [0.2, 0.25) is 0 Å². The highest BCUT2D eigenvalue weighted by Crippen LogP contribution is 2.24. The van der Waals surface area contributed by atoms with Gasteiger partial charge in [-0.05, 0) is 40.9 Å². The molecule has 0 aliphatic rings. The zero-order chi connectivity index (χ0) is 13.1. The predicted molar refractivity (Wildman–Crippen MR) is 65.5 cm³/mol. The van der Waals surface area contributed by atoms with E-state index in [-0.39, 0.29) is 6.42 Å². The minimum Gasteiger partial charge on any atom is -0.480 e. The van der Waals surface area contributed by atoms with E-state index in [0.717, 1.165) is 4.47 Å². The zero-order valence-electron chi connectivity index (χ0n) is 9.53. The minimum atomic E-state index is -1.49. The number of amides is 1. The van der Waals surface area contributed by atoms with E-state index in [4.69, 9.17) is 0 Å². The second kappa shape index (κ2) is 5.27. The monoisotopic (exact) mass is 300 g/mol. The van der Waals surface area contributed by atoms with Crippen molar-refractivity contribution in [3.8, 4) is 0 Å². The van der Waals surface area contributed by atoms with Crippen LogP contribution in [0, 0.1) is 5.41 Å². The number of nitrogens with one attached hydrogen (secondary N) is 1. The number of pyridine rings is 1. The SMILES string of the molecule is CNC(=O)C(C)(Cc1cncc(Br)c1)C(=O)O. The van der Waals surface area contributed by atoms with Crippen LogP contribution in [-0.4, -0.2) is 29.0 Å². The molecule has 0 radical (unpaired) electrons. The topological polar surface area (TPSA) is 79.3 Å². The van der Waals surface area contributed by atoms with Crippen LogP contribution in [0.3, 0.4) is 0 Å². The molecule has 0 saturated carbocycles. The molecule has 0 saturated heterocycles. The number of carbonyl (C=O) groups excluding carboxylic acids is 1. The van der Waals surface area contributed by atoms with Crippen LogP contribution in [0.4, 0.5) is 0 Å². The Balaban J connectivity index is 3.03. The highest BCUT2D eigenvalue weighted by Gasteiger charge is 2.40. The Morgan fingerprint density at radius 3 is 2.65 bits per heavy atom. The molecule has 0 fully saturated rings. The number of hydrogen-bond acceptors (Lipinski definition) is 3. The number of hydrogen-bond donors (Lipinski definition) is 2. The number of halogens is 1. The maximum atomic E-state index is 11.6. The maximum absolute atomic E-state index is 11.6. The number of aromatic nitrogens is 1. The van der Waals surface area contributed by atoms with Crippen molar-refractivity contribution in [2.45, 2.75) is 13.3 Å². The van der Waals surface area contributed by atoms with Crippen LogP contribution in [0.1, 0.15) is 12.5 Å². The zero-order valence-corrected chi connectivity index (χ0v) is 11.1. The van der Waals surface area contributed by atoms with Gasteiger partial charge < -0.3 is 10.4 Å². The first-order chi connectivity index (χ1) is 7.90. The van der Waals surface area contributed by atoms with Gasteiger partial charge in [0, 0.05) is 23.9 Å². The van der Waals surface area contributed by atoms with Gasteiger partial charge in [0.2, 0.25) is 5.91 Å². The van der Waals surface area contributed by atoms with E-state index >= 15 is 0 Å². The lowest BCUT2D eigenvalue weighted by molar-refractivity contribution is -0.154. The highest BCUT2D eigenvalue weighted by atomic mass is 79.9. The summed E-state index contributed by atoms with van der Waals surface area (Å²) < 4.78 is 0.750. The quantitative estimate of drug-likeness (QED) is 0.820. The van der Waals surface area contributed by atoms with Crippen molar-refractivity contribution in [2.75, 3.05) is 7.05 Å². The van der Waals surface area contributed by atoms with Crippen LogP contribution >= 0.6 is 15.9 Å². The molecule has 1 aromatic heterocycles. The molecule has 1 aromatic rings. The summed E-state index contributed by atoms with van der Waals surface area (Å²) in [7, 11) is 1.42. The van der Waals surface area contributed by atoms with Crippen molar-refractivity contribution in [3.63, 3.8) is 0 Å². The molecule has 2 N–H and O–H groups in total. The van der Waals surface area contributed by atoms with Gasteiger partial charge in [-0.3, -0.25) is 14.6 Å². The molecule has 0 spiro atoms. The normalized spacial score (nSPS) is 13.8. The summed E-state index contributed by atoms with van der Waals surface area (Å²) in [5.41, 5.74) is -0.801. The highest BCUT2D eigenvalue weighted by molar-refractivity contribution is 9.10. The lowest BCUT2D eigenvalue weighted by Gasteiger charge is -2.22. The van der Waals surface area contributed by atoms with E-state index in [2.05, 4.69) is 26.2 Å². The molecule has 6 heteroatoms. The van der Waals surface area contributed by atoms with Crippen molar-refractivity contribution in [3.05, 3.63) is 28.5 Å². The van der Waals surface area contributed by atoms with E-state index in [1.54, 1.807) is 18.5 Å². The van der Waals surface area contributed by atoms with Crippen LogP contribution in [0.15, 0.2) is 22.9 Å². The lowest BCUT2D eigenvalue weighted by Crippen LogP contribution is -2.44. The number of carbonyl (C=O) groups is 2. The molecule has 92 valence electrons. The van der Waals surface area contributed by atoms with Gasteiger partial charge in [0.15, 0.2) is 0 Å². The number of carboxylic acid groups (broad SMARTS) is 1. The van der Waals surface area contributed by atoms with Gasteiger partial charge >= 0.3 is 5.97 Å². The summed E-state index contributed by atoms with van der Waals surface area (Å²) in [6.45, 7) is 1.40. The van der Waals surface area contributed by atoms with Gasteiger partial charge in [-0.15, -0.1) is 0 Å². The summed E-state index contributed by atoms with van der Waals surface area (Å²) in [5, 5.41) is 11.5. The van der Waals surface area contributed by atoms with Gasteiger partial charge in [0.05, 0.1) is 0 Å². The lowest BCUT2D eigenvalue weighted by atomic mass is 9.83. The molecule has 0 aliphatic heterocycles. The Labute approximate surface area is 107 Å². The average Bonchev–Trinajstić information content (AvgIpc) is 2.27. The van der Waals surface area contributed by atoms with E-state index in [1.807, 2.05) is 0 Å². The van der Waals surface area contributed by atoms with Gasteiger partial charge in [0.25, 0.3) is 0 Å². The van der Waals surface area contributed by atoms with Crippen LogP contribution < -0.4 is 5.32 Å². The van der Waals surface area contributed by atoms with Crippen molar-refractivity contribution in [2.24, 2.45) is 5.41 Å². The van der Waals surface area contributed by atoms with E-state index < -0.39 is 17.3 Å². The molecule has 1 atom stereocenters. The van der Waals surface area contributed by atoms with Gasteiger partial charge in [-0.1, -0.05) is 0 Å². The molecule has 1 amide bonds. The first-order valence-electron chi connectivity index (χ1n) is 4.95. The Morgan fingerprint density at radius 2 is 2.18 bits per heavy atom. The summed E-state index contributed by atoms with van der Waals surface area (Å²) in [5.74, 6) is -1.68. The maximum Gasteiger partial charge on any atom is 0.319 e. The fourth-order valence-corrected chi connectivity index (χ4v) is 1.90. The number of carboxylic acids is 1. The summed E-state index contributed by atoms with van der Waals surface area (Å²) in [6.07, 6.45) is 3.24. The third-order valence-electron chi connectivity index (χ3n) is 2.52. The van der Waals surface area contributed by atoms with E-state index in [0.29, 0.717) is 5.56 Å². The molecule has 0 bridgehead atoms. The molecule has 1 rings (SSSR count). The van der Waals surface area contributed by atoms with Crippen molar-refractivity contribution in [1.82, 2.24) is 10.3 Å². The minimum absolute atomic E-state index is 0.0917. The Hall–Kier alpha value is -1.43. The first-order valence-corrected chi connectivity index (χ1v) is 5.74. The number of aliphatic carboxylic acids is 1. The third kappa shape index (κ3) is 3.03. The Bertz CT molecular complexity index is 450. The average molecular weight is 301 g/mol.